The summed E-state index contributed by atoms with van der Waals surface area (Å²) in [4.78, 5) is 1.35. The maximum atomic E-state index is 6.34. The molecule has 5 heteroatoms. The first kappa shape index (κ1) is 15.2. The van der Waals surface area contributed by atoms with Crippen LogP contribution in [0.25, 0.3) is 0 Å². The van der Waals surface area contributed by atoms with Crippen molar-refractivity contribution in [2.75, 3.05) is 14.2 Å². The Labute approximate surface area is 128 Å². The lowest BCUT2D eigenvalue weighted by molar-refractivity contribution is 0.354. The highest BCUT2D eigenvalue weighted by Crippen LogP contribution is 2.37. The van der Waals surface area contributed by atoms with Gasteiger partial charge >= 0.3 is 0 Å². The van der Waals surface area contributed by atoms with E-state index in [2.05, 4.69) is 23.7 Å². The molecule has 1 heterocycles. The second kappa shape index (κ2) is 6.97. The van der Waals surface area contributed by atoms with E-state index in [1.165, 1.54) is 10.4 Å². The second-order valence-corrected chi connectivity index (χ2v) is 5.78. The van der Waals surface area contributed by atoms with Gasteiger partial charge in [0.15, 0.2) is 11.5 Å². The molecule has 1 aromatic carbocycles. The number of methoxy groups -OCH3 is 2. The SMILES string of the molecule is COc1ccc(CNCc2sccc2C)c(Cl)c1OC. The Balaban J connectivity index is 2.05. The van der Waals surface area contributed by atoms with Crippen molar-refractivity contribution in [2.45, 2.75) is 20.0 Å². The molecular weight excluding hydrogens is 294 g/mol. The molecule has 1 N–H and O–H groups in total. The molecule has 0 fully saturated rings. The highest BCUT2D eigenvalue weighted by Gasteiger charge is 2.12. The van der Waals surface area contributed by atoms with Crippen LogP contribution in [0.4, 0.5) is 0 Å². The number of benzene rings is 1. The molecule has 0 atom stereocenters. The Bertz CT molecular complexity index is 583. The number of hydrogen-bond donors (Lipinski definition) is 1. The van der Waals surface area contributed by atoms with E-state index in [0.29, 0.717) is 23.1 Å². The molecule has 0 saturated carbocycles. The summed E-state index contributed by atoms with van der Waals surface area (Å²) in [5.74, 6) is 1.23. The van der Waals surface area contributed by atoms with Crippen LogP contribution in [0.3, 0.4) is 0 Å². The van der Waals surface area contributed by atoms with E-state index in [1.807, 2.05) is 12.1 Å². The number of halogens is 1. The average Bonchev–Trinajstić information content (AvgIpc) is 2.86. The number of hydrogen-bond acceptors (Lipinski definition) is 4. The Kier molecular flexibility index (Phi) is 5.29. The molecular formula is C15H18ClNO2S. The Morgan fingerprint density at radius 2 is 1.95 bits per heavy atom. The third kappa shape index (κ3) is 3.26. The van der Waals surface area contributed by atoms with Crippen LogP contribution in [0.15, 0.2) is 23.6 Å². The van der Waals surface area contributed by atoms with E-state index >= 15 is 0 Å². The zero-order valence-electron chi connectivity index (χ0n) is 11.8. The third-order valence-corrected chi connectivity index (χ3v) is 4.57. The van der Waals surface area contributed by atoms with Gasteiger partial charge in [-0.3, -0.25) is 0 Å². The van der Waals surface area contributed by atoms with Crippen LogP contribution < -0.4 is 14.8 Å². The fraction of sp³-hybridized carbons (Fsp3) is 0.333. The molecule has 0 radical (unpaired) electrons. The van der Waals surface area contributed by atoms with Crippen molar-refractivity contribution >= 4 is 22.9 Å². The van der Waals surface area contributed by atoms with E-state index in [0.717, 1.165) is 12.1 Å². The molecule has 20 heavy (non-hydrogen) atoms. The molecule has 108 valence electrons. The second-order valence-electron chi connectivity index (χ2n) is 4.40. The van der Waals surface area contributed by atoms with Gasteiger partial charge in [-0.2, -0.15) is 0 Å². The van der Waals surface area contributed by atoms with Crippen molar-refractivity contribution in [1.82, 2.24) is 5.32 Å². The van der Waals surface area contributed by atoms with Crippen LogP contribution in [0.1, 0.15) is 16.0 Å². The molecule has 2 aromatic rings. The predicted octanol–water partition coefficient (Wildman–Crippen LogP) is 4.02. The van der Waals surface area contributed by atoms with Gasteiger partial charge in [-0.15, -0.1) is 11.3 Å². The first-order valence-corrected chi connectivity index (χ1v) is 7.56. The zero-order valence-corrected chi connectivity index (χ0v) is 13.4. The lowest BCUT2D eigenvalue weighted by Crippen LogP contribution is -2.13. The fourth-order valence-corrected chi connectivity index (χ4v) is 3.14. The quantitative estimate of drug-likeness (QED) is 0.874. The summed E-state index contributed by atoms with van der Waals surface area (Å²) in [7, 11) is 3.20. The van der Waals surface area contributed by atoms with Crippen LogP contribution in [-0.4, -0.2) is 14.2 Å². The first-order chi connectivity index (χ1) is 9.67. The van der Waals surface area contributed by atoms with E-state index in [1.54, 1.807) is 25.6 Å². The van der Waals surface area contributed by atoms with Gasteiger partial charge in [0.05, 0.1) is 19.2 Å². The number of aryl methyl sites for hydroxylation is 1. The van der Waals surface area contributed by atoms with Gasteiger partial charge in [-0.05, 0) is 35.6 Å². The van der Waals surface area contributed by atoms with Crippen molar-refractivity contribution in [3.8, 4) is 11.5 Å². The van der Waals surface area contributed by atoms with Gasteiger partial charge in [0.1, 0.15) is 0 Å². The lowest BCUT2D eigenvalue weighted by Gasteiger charge is -2.13. The number of nitrogens with one attached hydrogen (secondary N) is 1. The highest BCUT2D eigenvalue weighted by molar-refractivity contribution is 7.10. The standard InChI is InChI=1S/C15H18ClNO2S/c1-10-6-7-20-13(10)9-17-8-11-4-5-12(18-2)15(19-3)14(11)16/h4-7,17H,8-9H2,1-3H3. The minimum atomic E-state index is 0.584. The summed E-state index contributed by atoms with van der Waals surface area (Å²) >= 11 is 8.10. The monoisotopic (exact) mass is 311 g/mol. The van der Waals surface area contributed by atoms with Gasteiger partial charge in [-0.25, -0.2) is 0 Å². The number of ether oxygens (including phenoxy) is 2. The smallest absolute Gasteiger partial charge is 0.179 e. The molecule has 0 aliphatic rings. The van der Waals surface area contributed by atoms with Crippen LogP contribution in [0.5, 0.6) is 11.5 Å². The van der Waals surface area contributed by atoms with Gasteiger partial charge in [0, 0.05) is 18.0 Å². The van der Waals surface area contributed by atoms with Crippen molar-refractivity contribution < 1.29 is 9.47 Å². The molecule has 0 aliphatic carbocycles. The number of thiophene rings is 1. The minimum absolute atomic E-state index is 0.584. The van der Waals surface area contributed by atoms with Crippen LogP contribution in [0.2, 0.25) is 5.02 Å². The topological polar surface area (TPSA) is 30.5 Å². The van der Waals surface area contributed by atoms with E-state index in [9.17, 15) is 0 Å². The summed E-state index contributed by atoms with van der Waals surface area (Å²) < 4.78 is 10.5. The number of rotatable bonds is 6. The Hall–Kier alpha value is -1.23. The van der Waals surface area contributed by atoms with E-state index < -0.39 is 0 Å². The summed E-state index contributed by atoms with van der Waals surface area (Å²) in [6.45, 7) is 3.65. The fourth-order valence-electron chi connectivity index (χ4n) is 1.96. The van der Waals surface area contributed by atoms with Crippen LogP contribution >= 0.6 is 22.9 Å². The largest absolute Gasteiger partial charge is 0.493 e. The zero-order chi connectivity index (χ0) is 14.5. The van der Waals surface area contributed by atoms with Crippen LogP contribution in [-0.2, 0) is 13.1 Å². The maximum Gasteiger partial charge on any atom is 0.179 e. The Morgan fingerprint density at radius 3 is 2.55 bits per heavy atom. The highest BCUT2D eigenvalue weighted by atomic mass is 35.5. The molecule has 1 aromatic heterocycles. The van der Waals surface area contributed by atoms with Gasteiger partial charge in [0.2, 0.25) is 0 Å². The van der Waals surface area contributed by atoms with Gasteiger partial charge in [-0.1, -0.05) is 17.7 Å². The molecule has 0 amide bonds. The Morgan fingerprint density at radius 1 is 1.15 bits per heavy atom. The lowest BCUT2D eigenvalue weighted by atomic mass is 10.2. The molecule has 0 unspecified atom stereocenters. The average molecular weight is 312 g/mol. The normalized spacial score (nSPS) is 10.6. The van der Waals surface area contributed by atoms with Gasteiger partial charge in [0.25, 0.3) is 0 Å². The first-order valence-electron chi connectivity index (χ1n) is 6.30. The molecule has 0 saturated heterocycles. The summed E-state index contributed by atoms with van der Waals surface area (Å²) in [5, 5.41) is 6.11. The van der Waals surface area contributed by atoms with Crippen molar-refractivity contribution in [3.63, 3.8) is 0 Å². The van der Waals surface area contributed by atoms with E-state index in [-0.39, 0.29) is 0 Å². The van der Waals surface area contributed by atoms with E-state index in [4.69, 9.17) is 21.1 Å². The van der Waals surface area contributed by atoms with Crippen LogP contribution in [0, 0.1) is 6.92 Å². The minimum Gasteiger partial charge on any atom is -0.493 e. The summed E-state index contributed by atoms with van der Waals surface area (Å²) in [5.41, 5.74) is 2.32. The molecule has 2 rings (SSSR count). The maximum absolute atomic E-state index is 6.34. The molecule has 0 aliphatic heterocycles. The molecule has 0 bridgehead atoms. The van der Waals surface area contributed by atoms with Crippen molar-refractivity contribution in [1.29, 1.82) is 0 Å². The molecule has 3 nitrogen and oxygen atoms in total. The summed E-state index contributed by atoms with van der Waals surface area (Å²) in [6, 6.07) is 5.96. The van der Waals surface area contributed by atoms with Crippen molar-refractivity contribution in [2.24, 2.45) is 0 Å². The summed E-state index contributed by atoms with van der Waals surface area (Å²) in [6.07, 6.45) is 0. The predicted molar refractivity (Wildman–Crippen MR) is 84.2 cm³/mol. The molecule has 0 spiro atoms. The third-order valence-electron chi connectivity index (χ3n) is 3.13. The van der Waals surface area contributed by atoms with Gasteiger partial charge < -0.3 is 14.8 Å². The van der Waals surface area contributed by atoms with Crippen molar-refractivity contribution in [3.05, 3.63) is 44.6 Å².